The number of hydrogen-bond donors (Lipinski definition) is 1. The lowest BCUT2D eigenvalue weighted by Gasteiger charge is -2.16. The van der Waals surface area contributed by atoms with E-state index in [0.717, 1.165) is 36.0 Å². The number of carbonyl (C=O) groups is 1. The number of aliphatic carboxylic acids is 1. The zero-order chi connectivity index (χ0) is 8.03. The highest BCUT2D eigenvalue weighted by atomic mass is 16.4. The van der Waals surface area contributed by atoms with Crippen LogP contribution < -0.4 is 0 Å². The third kappa shape index (κ3) is 0.395. The van der Waals surface area contributed by atoms with Crippen LogP contribution >= 0.6 is 0 Å². The van der Waals surface area contributed by atoms with E-state index in [1.54, 1.807) is 0 Å². The summed E-state index contributed by atoms with van der Waals surface area (Å²) >= 11 is 0. The predicted molar refractivity (Wildman–Crippen MR) is 41.3 cm³/mol. The molecule has 0 spiro atoms. The molecule has 0 amide bonds. The normalized spacial score (nSPS) is 68.8. The van der Waals surface area contributed by atoms with Crippen LogP contribution in [0.2, 0.25) is 0 Å². The molecule has 0 heterocycles. The lowest BCUT2D eigenvalue weighted by Crippen LogP contribution is -2.22. The van der Waals surface area contributed by atoms with Crippen LogP contribution in [0.1, 0.15) is 12.8 Å². The first-order chi connectivity index (χ1) is 5.79. The van der Waals surface area contributed by atoms with Crippen molar-refractivity contribution in [1.82, 2.24) is 0 Å². The molecule has 0 saturated heterocycles. The average molecular weight is 164 g/mol. The largest absolute Gasteiger partial charge is 0.481 e. The molecule has 6 bridgehead atoms. The summed E-state index contributed by atoms with van der Waals surface area (Å²) in [4.78, 5) is 10.9. The second-order valence-electron chi connectivity index (χ2n) is 5.14. The van der Waals surface area contributed by atoms with Gasteiger partial charge in [-0.25, -0.2) is 0 Å². The highest BCUT2D eigenvalue weighted by Gasteiger charge is 2.78. The molecule has 0 aliphatic heterocycles. The van der Waals surface area contributed by atoms with Gasteiger partial charge in [-0.1, -0.05) is 0 Å². The van der Waals surface area contributed by atoms with E-state index in [2.05, 4.69) is 0 Å². The molecule has 0 aromatic heterocycles. The molecular formula is C10H12O2. The Morgan fingerprint density at radius 3 is 2.25 bits per heavy atom. The summed E-state index contributed by atoms with van der Waals surface area (Å²) in [6.07, 6.45) is 2.40. The fourth-order valence-corrected chi connectivity index (χ4v) is 5.00. The maximum absolute atomic E-state index is 10.9. The topological polar surface area (TPSA) is 37.3 Å². The van der Waals surface area contributed by atoms with Gasteiger partial charge in [0.1, 0.15) is 0 Å². The summed E-state index contributed by atoms with van der Waals surface area (Å²) in [6.45, 7) is 0. The van der Waals surface area contributed by atoms with Gasteiger partial charge >= 0.3 is 5.97 Å². The van der Waals surface area contributed by atoms with E-state index in [0.29, 0.717) is 5.92 Å². The van der Waals surface area contributed by atoms with Crippen LogP contribution in [-0.2, 0) is 4.79 Å². The SMILES string of the molecule is O=C(O)[C@H]1C[C@H]2[C@@H]3C[C@H]4[C@@H]2[C@@H]4[C@H]31. The fraction of sp³-hybridized carbons (Fsp3) is 0.900. The number of hydrogen-bond acceptors (Lipinski definition) is 1. The minimum atomic E-state index is -0.515. The Hall–Kier alpha value is -0.530. The van der Waals surface area contributed by atoms with Gasteiger partial charge in [-0.2, -0.15) is 0 Å². The molecule has 12 heavy (non-hydrogen) atoms. The molecule has 5 rings (SSSR count). The Labute approximate surface area is 71.0 Å². The Morgan fingerprint density at radius 2 is 1.75 bits per heavy atom. The Morgan fingerprint density at radius 1 is 1.00 bits per heavy atom. The molecule has 5 saturated carbocycles. The third-order valence-corrected chi connectivity index (χ3v) is 5.13. The summed E-state index contributed by atoms with van der Waals surface area (Å²) in [7, 11) is 0. The second kappa shape index (κ2) is 1.45. The molecule has 1 N–H and O–H groups in total. The van der Waals surface area contributed by atoms with Gasteiger partial charge in [0, 0.05) is 0 Å². The van der Waals surface area contributed by atoms with Crippen molar-refractivity contribution in [3.8, 4) is 0 Å². The zero-order valence-electron chi connectivity index (χ0n) is 6.81. The molecule has 64 valence electrons. The molecule has 0 aromatic rings. The van der Waals surface area contributed by atoms with Crippen LogP contribution in [0.4, 0.5) is 0 Å². The van der Waals surface area contributed by atoms with Gasteiger partial charge in [-0.3, -0.25) is 4.79 Å². The van der Waals surface area contributed by atoms with E-state index >= 15 is 0 Å². The molecule has 5 aliphatic rings. The molecule has 2 nitrogen and oxygen atoms in total. The quantitative estimate of drug-likeness (QED) is 0.632. The van der Waals surface area contributed by atoms with Crippen molar-refractivity contribution < 1.29 is 9.90 Å². The zero-order valence-corrected chi connectivity index (χ0v) is 6.81. The van der Waals surface area contributed by atoms with Gasteiger partial charge in [0.15, 0.2) is 0 Å². The first-order valence-electron chi connectivity index (χ1n) is 5.02. The van der Waals surface area contributed by atoms with Crippen molar-refractivity contribution >= 4 is 5.97 Å². The third-order valence-electron chi connectivity index (χ3n) is 5.13. The first kappa shape index (κ1) is 6.01. The molecule has 0 aromatic carbocycles. The van der Waals surface area contributed by atoms with Gasteiger partial charge < -0.3 is 5.11 Å². The van der Waals surface area contributed by atoms with Gasteiger partial charge in [-0.05, 0) is 48.3 Å². The van der Waals surface area contributed by atoms with Crippen LogP contribution in [0.3, 0.4) is 0 Å². The lowest BCUT2D eigenvalue weighted by molar-refractivity contribution is -0.143. The van der Waals surface area contributed by atoms with Crippen molar-refractivity contribution in [2.75, 3.05) is 0 Å². The predicted octanol–water partition coefficient (Wildman–Crippen LogP) is 1.22. The lowest BCUT2D eigenvalue weighted by atomic mass is 9.88. The van der Waals surface area contributed by atoms with Crippen molar-refractivity contribution in [2.45, 2.75) is 12.8 Å². The molecule has 7 atom stereocenters. The van der Waals surface area contributed by atoms with Crippen LogP contribution in [-0.4, -0.2) is 11.1 Å². The molecule has 0 radical (unpaired) electrons. The van der Waals surface area contributed by atoms with Gasteiger partial charge in [0.25, 0.3) is 0 Å². The van der Waals surface area contributed by atoms with Crippen molar-refractivity contribution in [3.63, 3.8) is 0 Å². The van der Waals surface area contributed by atoms with Crippen LogP contribution in [0.25, 0.3) is 0 Å². The Kier molecular flexibility index (Phi) is 0.724. The number of rotatable bonds is 1. The fourth-order valence-electron chi connectivity index (χ4n) is 5.00. The Bertz CT molecular complexity index is 286. The Balaban J connectivity index is 1.79. The van der Waals surface area contributed by atoms with E-state index in [9.17, 15) is 4.79 Å². The van der Waals surface area contributed by atoms with Crippen molar-refractivity contribution in [2.24, 2.45) is 41.4 Å². The summed E-state index contributed by atoms with van der Waals surface area (Å²) in [5.74, 6) is 4.67. The molecule has 5 aliphatic carbocycles. The van der Waals surface area contributed by atoms with Gasteiger partial charge in [-0.15, -0.1) is 0 Å². The maximum Gasteiger partial charge on any atom is 0.306 e. The smallest absolute Gasteiger partial charge is 0.306 e. The highest BCUT2D eigenvalue weighted by Crippen LogP contribution is 2.82. The van der Waals surface area contributed by atoms with Crippen LogP contribution in [0.15, 0.2) is 0 Å². The van der Waals surface area contributed by atoms with Gasteiger partial charge in [0.2, 0.25) is 0 Å². The minimum absolute atomic E-state index is 0.0498. The molecule has 2 heteroatoms. The van der Waals surface area contributed by atoms with E-state index < -0.39 is 5.97 Å². The van der Waals surface area contributed by atoms with E-state index in [1.165, 1.54) is 6.42 Å². The average Bonchev–Trinajstić information content (AvgIpc) is 2.45. The van der Waals surface area contributed by atoms with E-state index in [1.807, 2.05) is 0 Å². The molecule has 5 fully saturated rings. The standard InChI is InChI=1S/C10H12O2/c11-10(12)6-2-4-3-1-5-7(4)9(5)8(3)6/h3-9H,1-2H2,(H,11,12)/t3-,4-,5-,6-,7+,8+,9+/m0/s1. The molecular weight excluding hydrogens is 152 g/mol. The van der Waals surface area contributed by atoms with Crippen LogP contribution in [0, 0.1) is 41.4 Å². The summed E-state index contributed by atoms with van der Waals surface area (Å²) in [5, 5.41) is 9.01. The minimum Gasteiger partial charge on any atom is -0.481 e. The summed E-state index contributed by atoms with van der Waals surface area (Å²) in [6, 6.07) is 0. The van der Waals surface area contributed by atoms with Gasteiger partial charge in [0.05, 0.1) is 5.92 Å². The maximum atomic E-state index is 10.9. The summed E-state index contributed by atoms with van der Waals surface area (Å²) < 4.78 is 0. The first-order valence-corrected chi connectivity index (χ1v) is 5.02. The van der Waals surface area contributed by atoms with Crippen molar-refractivity contribution in [1.29, 1.82) is 0 Å². The highest BCUT2D eigenvalue weighted by molar-refractivity contribution is 5.72. The van der Waals surface area contributed by atoms with E-state index in [4.69, 9.17) is 5.11 Å². The second-order valence-corrected chi connectivity index (χ2v) is 5.14. The van der Waals surface area contributed by atoms with Crippen molar-refractivity contribution in [3.05, 3.63) is 0 Å². The van der Waals surface area contributed by atoms with Crippen LogP contribution in [0.5, 0.6) is 0 Å². The number of carboxylic acid groups (broad SMARTS) is 1. The van der Waals surface area contributed by atoms with E-state index in [-0.39, 0.29) is 5.92 Å². The number of carboxylic acids is 1. The molecule has 0 unspecified atom stereocenters. The monoisotopic (exact) mass is 164 g/mol. The summed E-state index contributed by atoms with van der Waals surface area (Å²) in [5.41, 5.74) is 0.